The van der Waals surface area contributed by atoms with Gasteiger partial charge < -0.3 is 5.11 Å². The van der Waals surface area contributed by atoms with E-state index >= 15 is 0 Å². The maximum Gasteiger partial charge on any atom is 0.337 e. The molecule has 102 valence electrons. The number of aryl methyl sites for hydroxylation is 1. The molecule has 0 aliphatic heterocycles. The Morgan fingerprint density at radius 2 is 2.10 bits per heavy atom. The zero-order valence-electron chi connectivity index (χ0n) is 10.4. The molecule has 1 heterocycles. The van der Waals surface area contributed by atoms with Gasteiger partial charge in [-0.1, -0.05) is 23.9 Å². The molecule has 2 rings (SSSR count). The Kier molecular flexibility index (Phi) is 3.99. The second kappa shape index (κ2) is 5.70. The normalized spacial score (nSPS) is 10.2. The SMILES string of the molecule is Cc1cccc(Sc2ccc(C(=O)O)cn2)c1[N+](=O)[O-]. The van der Waals surface area contributed by atoms with E-state index < -0.39 is 10.9 Å². The Morgan fingerprint density at radius 1 is 1.35 bits per heavy atom. The summed E-state index contributed by atoms with van der Waals surface area (Å²) in [7, 11) is 0. The summed E-state index contributed by atoms with van der Waals surface area (Å²) in [5.74, 6) is -1.06. The first-order valence-electron chi connectivity index (χ1n) is 5.60. The van der Waals surface area contributed by atoms with Crippen LogP contribution < -0.4 is 0 Å². The third-order valence-electron chi connectivity index (χ3n) is 2.58. The number of para-hydroxylation sites is 1. The average Bonchev–Trinajstić information content (AvgIpc) is 2.39. The molecule has 0 atom stereocenters. The lowest BCUT2D eigenvalue weighted by atomic mass is 10.2. The lowest BCUT2D eigenvalue weighted by Gasteiger charge is -2.04. The minimum Gasteiger partial charge on any atom is -0.478 e. The van der Waals surface area contributed by atoms with E-state index in [1.807, 2.05) is 0 Å². The Balaban J connectivity index is 2.33. The van der Waals surface area contributed by atoms with Crippen LogP contribution in [0.5, 0.6) is 0 Å². The number of benzene rings is 1. The number of carboxylic acid groups (broad SMARTS) is 1. The van der Waals surface area contributed by atoms with E-state index in [0.29, 0.717) is 15.5 Å². The molecule has 0 unspecified atom stereocenters. The van der Waals surface area contributed by atoms with Crippen LogP contribution in [0.2, 0.25) is 0 Å². The number of pyridine rings is 1. The van der Waals surface area contributed by atoms with Crippen LogP contribution >= 0.6 is 11.8 Å². The van der Waals surface area contributed by atoms with Crippen LogP contribution in [0, 0.1) is 17.0 Å². The highest BCUT2D eigenvalue weighted by molar-refractivity contribution is 7.99. The summed E-state index contributed by atoms with van der Waals surface area (Å²) in [5.41, 5.74) is 0.692. The van der Waals surface area contributed by atoms with Gasteiger partial charge >= 0.3 is 5.97 Å². The average molecular weight is 290 g/mol. The van der Waals surface area contributed by atoms with Crippen molar-refractivity contribution in [2.75, 3.05) is 0 Å². The molecule has 0 aliphatic carbocycles. The number of carbonyl (C=O) groups is 1. The second-order valence-electron chi connectivity index (χ2n) is 3.97. The fraction of sp³-hybridized carbons (Fsp3) is 0.0769. The summed E-state index contributed by atoms with van der Waals surface area (Å²) in [4.78, 5) is 25.8. The van der Waals surface area contributed by atoms with Crippen molar-refractivity contribution in [2.45, 2.75) is 16.8 Å². The number of aromatic nitrogens is 1. The molecule has 0 amide bonds. The van der Waals surface area contributed by atoms with Crippen molar-refractivity contribution in [2.24, 2.45) is 0 Å². The van der Waals surface area contributed by atoms with Crippen molar-refractivity contribution < 1.29 is 14.8 Å². The van der Waals surface area contributed by atoms with Gasteiger partial charge in [-0.05, 0) is 25.1 Å². The molecule has 7 heteroatoms. The molecular formula is C13H10N2O4S. The first kappa shape index (κ1) is 14.0. The Bertz CT molecular complexity index is 671. The van der Waals surface area contributed by atoms with Gasteiger partial charge in [0.25, 0.3) is 5.69 Å². The van der Waals surface area contributed by atoms with Gasteiger partial charge in [0.05, 0.1) is 15.4 Å². The lowest BCUT2D eigenvalue weighted by molar-refractivity contribution is -0.388. The van der Waals surface area contributed by atoms with Crippen LogP contribution in [0.4, 0.5) is 5.69 Å². The summed E-state index contributed by atoms with van der Waals surface area (Å²) in [5, 5.41) is 20.4. The highest BCUT2D eigenvalue weighted by Gasteiger charge is 2.18. The third kappa shape index (κ3) is 2.94. The van der Waals surface area contributed by atoms with Gasteiger partial charge in [-0.25, -0.2) is 9.78 Å². The molecule has 0 saturated carbocycles. The van der Waals surface area contributed by atoms with Gasteiger partial charge in [0.15, 0.2) is 0 Å². The molecule has 1 aromatic carbocycles. The predicted octanol–water partition coefficient (Wildman–Crippen LogP) is 3.15. The second-order valence-corrected chi connectivity index (χ2v) is 5.03. The smallest absolute Gasteiger partial charge is 0.337 e. The molecule has 0 spiro atoms. The Labute approximate surface area is 118 Å². The maximum atomic E-state index is 11.1. The zero-order valence-corrected chi connectivity index (χ0v) is 11.3. The predicted molar refractivity (Wildman–Crippen MR) is 73.2 cm³/mol. The molecular weight excluding hydrogens is 280 g/mol. The van der Waals surface area contributed by atoms with Crippen LogP contribution in [0.15, 0.2) is 46.5 Å². The number of carboxylic acids is 1. The first-order chi connectivity index (χ1) is 9.49. The van der Waals surface area contributed by atoms with Gasteiger partial charge in [-0.2, -0.15) is 0 Å². The van der Waals surface area contributed by atoms with Crippen LogP contribution in [0.3, 0.4) is 0 Å². The quantitative estimate of drug-likeness (QED) is 0.686. The minimum absolute atomic E-state index is 0.0432. The van der Waals surface area contributed by atoms with E-state index in [4.69, 9.17) is 5.11 Å². The summed E-state index contributed by atoms with van der Waals surface area (Å²) < 4.78 is 0. The lowest BCUT2D eigenvalue weighted by Crippen LogP contribution is -1.97. The van der Waals surface area contributed by atoms with Crippen LogP contribution in [-0.2, 0) is 0 Å². The van der Waals surface area contributed by atoms with E-state index in [-0.39, 0.29) is 11.3 Å². The molecule has 1 aromatic heterocycles. The monoisotopic (exact) mass is 290 g/mol. The van der Waals surface area contributed by atoms with E-state index in [1.54, 1.807) is 25.1 Å². The number of nitro groups is 1. The van der Waals surface area contributed by atoms with E-state index in [1.165, 1.54) is 18.3 Å². The fourth-order valence-corrected chi connectivity index (χ4v) is 2.57. The van der Waals surface area contributed by atoms with Gasteiger partial charge in [-0.3, -0.25) is 10.1 Å². The Hall–Kier alpha value is -2.41. The largest absolute Gasteiger partial charge is 0.478 e. The number of hydrogen-bond acceptors (Lipinski definition) is 5. The van der Waals surface area contributed by atoms with Crippen molar-refractivity contribution in [3.8, 4) is 0 Å². The number of hydrogen-bond donors (Lipinski definition) is 1. The summed E-state index contributed by atoms with van der Waals surface area (Å²) in [6.45, 7) is 1.67. The van der Waals surface area contributed by atoms with Gasteiger partial charge in [0.2, 0.25) is 0 Å². The molecule has 0 fully saturated rings. The number of nitrogens with zero attached hydrogens (tertiary/aromatic N) is 2. The maximum absolute atomic E-state index is 11.1. The highest BCUT2D eigenvalue weighted by Crippen LogP contribution is 2.35. The van der Waals surface area contributed by atoms with Crippen LogP contribution in [0.1, 0.15) is 15.9 Å². The van der Waals surface area contributed by atoms with E-state index in [2.05, 4.69) is 4.98 Å². The van der Waals surface area contributed by atoms with Crippen LogP contribution in [-0.4, -0.2) is 21.0 Å². The van der Waals surface area contributed by atoms with Crippen molar-refractivity contribution in [3.05, 3.63) is 57.8 Å². The van der Waals surface area contributed by atoms with E-state index in [0.717, 1.165) is 11.8 Å². The van der Waals surface area contributed by atoms with Crippen molar-refractivity contribution in [1.82, 2.24) is 4.98 Å². The molecule has 0 radical (unpaired) electrons. The number of aromatic carboxylic acids is 1. The van der Waals surface area contributed by atoms with E-state index in [9.17, 15) is 14.9 Å². The van der Waals surface area contributed by atoms with Gasteiger partial charge in [-0.15, -0.1) is 0 Å². The molecule has 2 aromatic rings. The molecule has 0 aliphatic rings. The highest BCUT2D eigenvalue weighted by atomic mass is 32.2. The zero-order chi connectivity index (χ0) is 14.7. The standard InChI is InChI=1S/C13H10N2O4S/c1-8-3-2-4-10(12(8)15(18)19)20-11-6-5-9(7-14-11)13(16)17/h2-7H,1H3,(H,16,17). The van der Waals surface area contributed by atoms with Crippen molar-refractivity contribution in [1.29, 1.82) is 0 Å². The first-order valence-corrected chi connectivity index (χ1v) is 6.42. The third-order valence-corrected chi connectivity index (χ3v) is 3.58. The topological polar surface area (TPSA) is 93.3 Å². The molecule has 6 nitrogen and oxygen atoms in total. The molecule has 0 saturated heterocycles. The minimum atomic E-state index is -1.06. The molecule has 0 bridgehead atoms. The van der Waals surface area contributed by atoms with Crippen LogP contribution in [0.25, 0.3) is 0 Å². The summed E-state index contributed by atoms with van der Waals surface area (Å²) in [6, 6.07) is 7.99. The molecule has 1 N–H and O–H groups in total. The summed E-state index contributed by atoms with van der Waals surface area (Å²) in [6.07, 6.45) is 1.23. The van der Waals surface area contributed by atoms with Gasteiger partial charge in [0.1, 0.15) is 5.03 Å². The number of nitro benzene ring substituents is 1. The Morgan fingerprint density at radius 3 is 2.65 bits per heavy atom. The number of rotatable bonds is 4. The van der Waals surface area contributed by atoms with Crippen molar-refractivity contribution >= 4 is 23.4 Å². The summed E-state index contributed by atoms with van der Waals surface area (Å²) >= 11 is 1.13. The van der Waals surface area contributed by atoms with Gasteiger partial charge in [0, 0.05) is 11.8 Å². The van der Waals surface area contributed by atoms with Crippen molar-refractivity contribution in [3.63, 3.8) is 0 Å². The molecule has 20 heavy (non-hydrogen) atoms. The fourth-order valence-electron chi connectivity index (χ4n) is 1.63.